The van der Waals surface area contributed by atoms with E-state index < -0.39 is 0 Å². The summed E-state index contributed by atoms with van der Waals surface area (Å²) in [5.41, 5.74) is 4.78. The lowest BCUT2D eigenvalue weighted by Crippen LogP contribution is -2.38. The van der Waals surface area contributed by atoms with Gasteiger partial charge in [0.2, 0.25) is 0 Å². The highest BCUT2D eigenvalue weighted by Gasteiger charge is 2.32. The summed E-state index contributed by atoms with van der Waals surface area (Å²) in [6.45, 7) is 6.39. The van der Waals surface area contributed by atoms with E-state index in [2.05, 4.69) is 37.9 Å². The molecular formula is C26H31NO4. The van der Waals surface area contributed by atoms with Gasteiger partial charge in [0.15, 0.2) is 0 Å². The molecule has 0 aromatic heterocycles. The van der Waals surface area contributed by atoms with Gasteiger partial charge in [-0.3, -0.25) is 4.90 Å². The molecule has 3 aromatic carbocycles. The van der Waals surface area contributed by atoms with E-state index >= 15 is 0 Å². The smallest absolute Gasteiger partial charge is 0.132 e. The third-order valence-electron chi connectivity index (χ3n) is 6.74. The minimum absolute atomic E-state index is 0.101. The van der Waals surface area contributed by atoms with Crippen molar-refractivity contribution >= 4 is 10.8 Å². The zero-order valence-corrected chi connectivity index (χ0v) is 19.4. The van der Waals surface area contributed by atoms with Crippen LogP contribution in [0.1, 0.15) is 36.6 Å². The summed E-state index contributed by atoms with van der Waals surface area (Å²) < 4.78 is 17.1. The molecule has 0 saturated heterocycles. The Balaban J connectivity index is 2.09. The third kappa shape index (κ3) is 3.28. The number of phenolic OH excluding ortho intramolecular Hbond substituents is 1. The predicted octanol–water partition coefficient (Wildman–Crippen LogP) is 5.48. The largest absolute Gasteiger partial charge is 0.507 e. The third-order valence-corrected chi connectivity index (χ3v) is 6.74. The summed E-state index contributed by atoms with van der Waals surface area (Å²) in [6.07, 6.45) is 0.872. The Hall–Kier alpha value is -2.92. The molecule has 0 radical (unpaired) electrons. The molecule has 0 bridgehead atoms. The molecular weight excluding hydrogens is 390 g/mol. The van der Waals surface area contributed by atoms with E-state index in [0.717, 1.165) is 50.9 Å². The van der Waals surface area contributed by atoms with Gasteiger partial charge in [-0.2, -0.15) is 0 Å². The summed E-state index contributed by atoms with van der Waals surface area (Å²) >= 11 is 0. The Kier molecular flexibility index (Phi) is 5.48. The van der Waals surface area contributed by atoms with Crippen LogP contribution >= 0.6 is 0 Å². The van der Waals surface area contributed by atoms with Gasteiger partial charge in [-0.25, -0.2) is 0 Å². The average Bonchev–Trinajstić information content (AvgIpc) is 2.76. The minimum atomic E-state index is 0.101. The van der Waals surface area contributed by atoms with Crippen LogP contribution in [-0.2, 0) is 6.42 Å². The van der Waals surface area contributed by atoms with Crippen molar-refractivity contribution < 1.29 is 19.3 Å². The fourth-order valence-corrected chi connectivity index (χ4v) is 4.92. The summed E-state index contributed by atoms with van der Waals surface area (Å²) in [7, 11) is 7.09. The number of methoxy groups -OCH3 is 3. The molecule has 5 nitrogen and oxygen atoms in total. The fraction of sp³-hybridized carbons (Fsp3) is 0.385. The maximum absolute atomic E-state index is 11.6. The van der Waals surface area contributed by atoms with E-state index in [0.29, 0.717) is 17.4 Å². The van der Waals surface area contributed by atoms with E-state index in [-0.39, 0.29) is 11.8 Å². The number of ether oxygens (including phenoxy) is 3. The molecule has 0 unspecified atom stereocenters. The molecule has 0 saturated carbocycles. The van der Waals surface area contributed by atoms with E-state index in [1.807, 2.05) is 25.1 Å². The van der Waals surface area contributed by atoms with Crippen LogP contribution in [0, 0.1) is 6.92 Å². The van der Waals surface area contributed by atoms with Gasteiger partial charge in [0.1, 0.15) is 23.0 Å². The quantitative estimate of drug-likeness (QED) is 0.604. The molecule has 5 heteroatoms. The van der Waals surface area contributed by atoms with Crippen molar-refractivity contribution in [1.82, 2.24) is 4.90 Å². The highest BCUT2D eigenvalue weighted by molar-refractivity contribution is 6.06. The van der Waals surface area contributed by atoms with Gasteiger partial charge in [-0.1, -0.05) is 6.07 Å². The maximum Gasteiger partial charge on any atom is 0.132 e. The Morgan fingerprint density at radius 2 is 1.61 bits per heavy atom. The molecule has 1 aliphatic rings. The van der Waals surface area contributed by atoms with Crippen molar-refractivity contribution in [2.24, 2.45) is 0 Å². The maximum atomic E-state index is 11.6. The monoisotopic (exact) mass is 421 g/mol. The van der Waals surface area contributed by atoms with Crippen molar-refractivity contribution in [3.8, 4) is 34.1 Å². The van der Waals surface area contributed by atoms with Crippen molar-refractivity contribution in [2.45, 2.75) is 39.3 Å². The van der Waals surface area contributed by atoms with Gasteiger partial charge in [0, 0.05) is 17.6 Å². The van der Waals surface area contributed by atoms with E-state index in [1.165, 1.54) is 0 Å². The Labute approximate surface area is 184 Å². The van der Waals surface area contributed by atoms with Crippen LogP contribution in [0.25, 0.3) is 21.9 Å². The van der Waals surface area contributed by atoms with E-state index in [4.69, 9.17) is 14.2 Å². The molecule has 164 valence electrons. The van der Waals surface area contributed by atoms with Gasteiger partial charge < -0.3 is 19.3 Å². The van der Waals surface area contributed by atoms with Crippen LogP contribution in [0.4, 0.5) is 0 Å². The Morgan fingerprint density at radius 3 is 2.26 bits per heavy atom. The molecule has 1 N–H and O–H groups in total. The highest BCUT2D eigenvalue weighted by atomic mass is 16.5. The highest BCUT2D eigenvalue weighted by Crippen LogP contribution is 2.50. The fourth-order valence-electron chi connectivity index (χ4n) is 4.92. The second-order valence-corrected chi connectivity index (χ2v) is 8.47. The number of hydrogen-bond donors (Lipinski definition) is 1. The lowest BCUT2D eigenvalue weighted by atomic mass is 9.84. The lowest BCUT2D eigenvalue weighted by Gasteiger charge is -2.38. The van der Waals surface area contributed by atoms with Crippen molar-refractivity contribution in [2.75, 3.05) is 28.4 Å². The first-order valence-electron chi connectivity index (χ1n) is 10.6. The SMILES string of the molecule is COc1cc2c(c(O)c1-c1ccc(OC)c3c(OC)cc(C)cc13)[C@@H](C)N(C)[C@@H](C)C2. The van der Waals surface area contributed by atoms with Gasteiger partial charge in [0.25, 0.3) is 0 Å². The predicted molar refractivity (Wildman–Crippen MR) is 125 cm³/mol. The molecule has 1 heterocycles. The first-order chi connectivity index (χ1) is 14.8. The number of likely N-dealkylation sites (N-methyl/N-ethyl adjacent to an activating group) is 1. The second kappa shape index (κ2) is 7.97. The molecule has 0 spiro atoms. The van der Waals surface area contributed by atoms with Crippen LogP contribution in [-0.4, -0.2) is 44.4 Å². The normalized spacial score (nSPS) is 18.7. The minimum Gasteiger partial charge on any atom is -0.507 e. The molecule has 1 aliphatic heterocycles. The van der Waals surface area contributed by atoms with Crippen molar-refractivity contribution in [1.29, 1.82) is 0 Å². The van der Waals surface area contributed by atoms with E-state index in [1.54, 1.807) is 21.3 Å². The molecule has 3 aromatic rings. The van der Waals surface area contributed by atoms with Crippen LogP contribution in [0.5, 0.6) is 23.0 Å². The van der Waals surface area contributed by atoms with Gasteiger partial charge in [-0.15, -0.1) is 0 Å². The van der Waals surface area contributed by atoms with Crippen molar-refractivity contribution in [3.63, 3.8) is 0 Å². The summed E-state index contributed by atoms with van der Waals surface area (Å²) in [5, 5.41) is 13.4. The first-order valence-corrected chi connectivity index (χ1v) is 10.6. The van der Waals surface area contributed by atoms with Crippen LogP contribution in [0.2, 0.25) is 0 Å². The molecule has 2 atom stereocenters. The number of nitrogens with zero attached hydrogens (tertiary/aromatic N) is 1. The number of fused-ring (bicyclic) bond motifs is 2. The lowest BCUT2D eigenvalue weighted by molar-refractivity contribution is 0.176. The van der Waals surface area contributed by atoms with Crippen molar-refractivity contribution in [3.05, 3.63) is 47.0 Å². The van der Waals surface area contributed by atoms with Crippen LogP contribution in [0.3, 0.4) is 0 Å². The number of hydrogen-bond acceptors (Lipinski definition) is 5. The standard InChI is InChI=1S/C26H31NO4/c1-14-10-19-18(8-9-20(29-5)24(19)21(11-14)30-6)25-22(31-7)13-17-12-15(2)27(4)16(3)23(17)26(25)28/h8-11,13,15-16,28H,12H2,1-7H3/t15-,16+/m0/s1. The molecule has 0 fully saturated rings. The topological polar surface area (TPSA) is 51.2 Å². The summed E-state index contributed by atoms with van der Waals surface area (Å²) in [5.74, 6) is 2.43. The number of benzene rings is 3. The van der Waals surface area contributed by atoms with Gasteiger partial charge in [-0.05, 0) is 80.6 Å². The second-order valence-electron chi connectivity index (χ2n) is 8.47. The zero-order chi connectivity index (χ0) is 22.4. The number of phenols is 1. The molecule has 0 aliphatic carbocycles. The Bertz CT molecular complexity index is 1150. The molecule has 4 rings (SSSR count). The molecule has 0 amide bonds. The van der Waals surface area contributed by atoms with Gasteiger partial charge >= 0.3 is 0 Å². The number of aromatic hydroxyl groups is 1. The Morgan fingerprint density at radius 1 is 0.935 bits per heavy atom. The first kappa shape index (κ1) is 21.3. The number of aryl methyl sites for hydroxylation is 1. The van der Waals surface area contributed by atoms with Crippen LogP contribution in [0.15, 0.2) is 30.3 Å². The molecule has 31 heavy (non-hydrogen) atoms. The van der Waals surface area contributed by atoms with Crippen LogP contribution < -0.4 is 14.2 Å². The summed E-state index contributed by atoms with van der Waals surface area (Å²) in [4.78, 5) is 2.30. The number of rotatable bonds is 4. The van der Waals surface area contributed by atoms with Gasteiger partial charge in [0.05, 0.1) is 32.3 Å². The average molecular weight is 422 g/mol. The zero-order valence-electron chi connectivity index (χ0n) is 19.4. The summed E-state index contributed by atoms with van der Waals surface area (Å²) in [6, 6.07) is 10.6. The van der Waals surface area contributed by atoms with E-state index in [9.17, 15) is 5.11 Å².